The molecule has 2 aliphatic rings. The SMILES string of the molecule is O=C(O)Cc1ccc2c(c1CCN1CCC(c3ccccc3)CC1)CCCC2=O. The van der Waals surface area contributed by atoms with Crippen molar-refractivity contribution in [3.05, 3.63) is 70.3 Å². The van der Waals surface area contributed by atoms with Crippen molar-refractivity contribution in [3.63, 3.8) is 0 Å². The standard InChI is InChI=1S/C25H29NO3/c27-24-8-4-7-22-21(20(17-25(28)29)9-10-23(22)24)13-16-26-14-11-19(12-15-26)18-5-2-1-3-6-18/h1-3,5-6,9-10,19H,4,7-8,11-17H2,(H,28,29). The lowest BCUT2D eigenvalue weighted by atomic mass is 9.83. The molecule has 0 bridgehead atoms. The minimum Gasteiger partial charge on any atom is -0.481 e. The number of ketones is 1. The first-order chi connectivity index (χ1) is 14.1. The Kier molecular flexibility index (Phi) is 6.10. The maximum Gasteiger partial charge on any atom is 0.307 e. The van der Waals surface area contributed by atoms with Crippen LogP contribution >= 0.6 is 0 Å². The molecule has 1 aliphatic heterocycles. The molecule has 0 unspecified atom stereocenters. The zero-order valence-electron chi connectivity index (χ0n) is 16.9. The summed E-state index contributed by atoms with van der Waals surface area (Å²) in [5.41, 5.74) is 5.36. The van der Waals surface area contributed by atoms with E-state index in [9.17, 15) is 14.7 Å². The zero-order chi connectivity index (χ0) is 20.2. The maximum atomic E-state index is 12.3. The minimum absolute atomic E-state index is 0.0346. The van der Waals surface area contributed by atoms with Crippen molar-refractivity contribution in [2.24, 2.45) is 0 Å². The Bertz CT molecular complexity index is 882. The Hall–Kier alpha value is -2.46. The molecule has 0 atom stereocenters. The Morgan fingerprint density at radius 1 is 1.03 bits per heavy atom. The number of carbonyl (C=O) groups is 2. The van der Waals surface area contributed by atoms with Crippen LogP contribution in [-0.2, 0) is 24.1 Å². The number of nitrogens with zero attached hydrogens (tertiary/aromatic N) is 1. The van der Waals surface area contributed by atoms with Gasteiger partial charge >= 0.3 is 5.97 Å². The molecule has 4 heteroatoms. The molecule has 1 fully saturated rings. The molecule has 0 radical (unpaired) electrons. The fourth-order valence-corrected chi connectivity index (χ4v) is 4.97. The number of piperidine rings is 1. The molecule has 152 valence electrons. The lowest BCUT2D eigenvalue weighted by Gasteiger charge is -2.32. The van der Waals surface area contributed by atoms with E-state index >= 15 is 0 Å². The fraction of sp³-hybridized carbons (Fsp3) is 0.440. The first-order valence-corrected chi connectivity index (χ1v) is 10.8. The quantitative estimate of drug-likeness (QED) is 0.800. The van der Waals surface area contributed by atoms with Gasteiger partial charge in [-0.15, -0.1) is 0 Å². The number of Topliss-reactive ketones (excluding diaryl/α,β-unsaturated/α-hetero) is 1. The molecule has 1 heterocycles. The summed E-state index contributed by atoms with van der Waals surface area (Å²) in [5, 5.41) is 9.32. The van der Waals surface area contributed by atoms with Gasteiger partial charge in [0.2, 0.25) is 0 Å². The van der Waals surface area contributed by atoms with Crippen LogP contribution in [0.15, 0.2) is 42.5 Å². The predicted octanol–water partition coefficient (Wildman–Crippen LogP) is 4.25. The van der Waals surface area contributed by atoms with Gasteiger partial charge in [-0.2, -0.15) is 0 Å². The van der Waals surface area contributed by atoms with E-state index < -0.39 is 5.97 Å². The normalized spacial score (nSPS) is 17.9. The van der Waals surface area contributed by atoms with Gasteiger partial charge in [0, 0.05) is 18.5 Å². The molecule has 1 aliphatic carbocycles. The third kappa shape index (κ3) is 4.59. The fourth-order valence-electron chi connectivity index (χ4n) is 4.97. The molecule has 0 saturated carbocycles. The molecule has 4 rings (SSSR count). The van der Waals surface area contributed by atoms with Crippen LogP contribution in [0.1, 0.15) is 64.2 Å². The van der Waals surface area contributed by atoms with Crippen LogP contribution in [0, 0.1) is 0 Å². The van der Waals surface area contributed by atoms with Gasteiger partial charge in [-0.3, -0.25) is 9.59 Å². The van der Waals surface area contributed by atoms with E-state index in [4.69, 9.17) is 0 Å². The number of aliphatic carboxylic acids is 1. The number of hydrogen-bond acceptors (Lipinski definition) is 3. The van der Waals surface area contributed by atoms with Crippen molar-refractivity contribution in [3.8, 4) is 0 Å². The first-order valence-electron chi connectivity index (χ1n) is 10.8. The highest BCUT2D eigenvalue weighted by atomic mass is 16.4. The molecule has 29 heavy (non-hydrogen) atoms. The molecule has 2 aromatic rings. The number of likely N-dealkylation sites (tertiary alicyclic amines) is 1. The largest absolute Gasteiger partial charge is 0.481 e. The Labute approximate surface area is 172 Å². The number of fused-ring (bicyclic) bond motifs is 1. The summed E-state index contributed by atoms with van der Waals surface area (Å²) < 4.78 is 0. The molecular weight excluding hydrogens is 362 g/mol. The predicted molar refractivity (Wildman–Crippen MR) is 114 cm³/mol. The van der Waals surface area contributed by atoms with E-state index in [2.05, 4.69) is 35.2 Å². The van der Waals surface area contributed by atoms with Gasteiger partial charge in [0.05, 0.1) is 6.42 Å². The van der Waals surface area contributed by atoms with E-state index in [-0.39, 0.29) is 12.2 Å². The van der Waals surface area contributed by atoms with E-state index in [0.717, 1.165) is 74.0 Å². The summed E-state index contributed by atoms with van der Waals surface area (Å²) in [6.45, 7) is 3.07. The molecule has 1 N–H and O–H groups in total. The van der Waals surface area contributed by atoms with Gasteiger partial charge in [-0.1, -0.05) is 42.5 Å². The lowest BCUT2D eigenvalue weighted by molar-refractivity contribution is -0.136. The Morgan fingerprint density at radius 2 is 1.79 bits per heavy atom. The maximum absolute atomic E-state index is 12.3. The van der Waals surface area contributed by atoms with Gasteiger partial charge in [-0.05, 0) is 73.4 Å². The third-order valence-corrected chi connectivity index (χ3v) is 6.54. The number of benzene rings is 2. The summed E-state index contributed by atoms with van der Waals surface area (Å²) >= 11 is 0. The Morgan fingerprint density at radius 3 is 2.52 bits per heavy atom. The van der Waals surface area contributed by atoms with Crippen molar-refractivity contribution in [1.29, 1.82) is 0 Å². The second-order valence-corrected chi connectivity index (χ2v) is 8.35. The van der Waals surface area contributed by atoms with Crippen LogP contribution in [0.3, 0.4) is 0 Å². The zero-order valence-corrected chi connectivity index (χ0v) is 16.9. The highest BCUT2D eigenvalue weighted by Crippen LogP contribution is 2.30. The van der Waals surface area contributed by atoms with Crippen molar-refractivity contribution < 1.29 is 14.7 Å². The third-order valence-electron chi connectivity index (χ3n) is 6.54. The van der Waals surface area contributed by atoms with Crippen LogP contribution in [0.25, 0.3) is 0 Å². The summed E-state index contributed by atoms with van der Waals surface area (Å²) in [7, 11) is 0. The molecule has 0 spiro atoms. The molecular formula is C25H29NO3. The monoisotopic (exact) mass is 391 g/mol. The van der Waals surface area contributed by atoms with Crippen LogP contribution < -0.4 is 0 Å². The van der Waals surface area contributed by atoms with Crippen molar-refractivity contribution in [2.45, 2.75) is 50.9 Å². The van der Waals surface area contributed by atoms with Crippen molar-refractivity contribution >= 4 is 11.8 Å². The van der Waals surface area contributed by atoms with Crippen LogP contribution in [0.4, 0.5) is 0 Å². The smallest absolute Gasteiger partial charge is 0.307 e. The highest BCUT2D eigenvalue weighted by Gasteiger charge is 2.24. The summed E-state index contributed by atoms with van der Waals surface area (Å²) in [5.74, 6) is 0.0344. The first kappa shape index (κ1) is 19.8. The van der Waals surface area contributed by atoms with Gasteiger partial charge in [0.15, 0.2) is 5.78 Å². The van der Waals surface area contributed by atoms with E-state index in [1.54, 1.807) is 0 Å². The van der Waals surface area contributed by atoms with Crippen LogP contribution in [0.5, 0.6) is 0 Å². The van der Waals surface area contributed by atoms with E-state index in [1.165, 1.54) is 5.56 Å². The number of hydrogen-bond donors (Lipinski definition) is 1. The molecule has 1 saturated heterocycles. The topological polar surface area (TPSA) is 57.6 Å². The van der Waals surface area contributed by atoms with Crippen molar-refractivity contribution in [2.75, 3.05) is 19.6 Å². The molecule has 0 amide bonds. The van der Waals surface area contributed by atoms with Crippen LogP contribution in [0.2, 0.25) is 0 Å². The average Bonchev–Trinajstić information content (AvgIpc) is 2.74. The Balaban J connectivity index is 1.44. The second-order valence-electron chi connectivity index (χ2n) is 8.35. The van der Waals surface area contributed by atoms with Gasteiger partial charge in [-0.25, -0.2) is 0 Å². The lowest BCUT2D eigenvalue weighted by Crippen LogP contribution is -2.34. The number of carboxylic acids is 1. The number of carboxylic acid groups (broad SMARTS) is 1. The molecule has 2 aromatic carbocycles. The van der Waals surface area contributed by atoms with Crippen LogP contribution in [-0.4, -0.2) is 41.4 Å². The van der Waals surface area contributed by atoms with Gasteiger partial charge in [0.25, 0.3) is 0 Å². The molecule has 0 aromatic heterocycles. The van der Waals surface area contributed by atoms with Gasteiger partial charge in [0.1, 0.15) is 0 Å². The van der Waals surface area contributed by atoms with E-state index in [1.807, 2.05) is 12.1 Å². The average molecular weight is 392 g/mol. The number of carbonyl (C=O) groups excluding carboxylic acids is 1. The molecule has 4 nitrogen and oxygen atoms in total. The number of rotatable bonds is 6. The summed E-state index contributed by atoms with van der Waals surface area (Å²) in [6.07, 6.45) is 5.56. The van der Waals surface area contributed by atoms with E-state index in [0.29, 0.717) is 12.3 Å². The van der Waals surface area contributed by atoms with Crippen molar-refractivity contribution in [1.82, 2.24) is 4.90 Å². The highest BCUT2D eigenvalue weighted by molar-refractivity contribution is 5.99. The summed E-state index contributed by atoms with van der Waals surface area (Å²) in [4.78, 5) is 26.2. The second kappa shape index (κ2) is 8.91. The summed E-state index contributed by atoms with van der Waals surface area (Å²) in [6, 6.07) is 14.5. The van der Waals surface area contributed by atoms with Gasteiger partial charge < -0.3 is 10.0 Å². The minimum atomic E-state index is -0.808.